The van der Waals surface area contributed by atoms with E-state index in [2.05, 4.69) is 20.2 Å². The number of nitrogens with two attached hydrogens (primary N) is 1. The second kappa shape index (κ2) is 4.80. The Morgan fingerprint density at radius 3 is 3.00 bits per heavy atom. The summed E-state index contributed by atoms with van der Waals surface area (Å²) >= 11 is 1.91. The molecule has 0 aromatic carbocycles. The van der Waals surface area contributed by atoms with Gasteiger partial charge in [-0.3, -0.25) is 0 Å². The molecule has 4 heterocycles. The summed E-state index contributed by atoms with van der Waals surface area (Å²) in [5.74, 6) is 2.28. The number of rotatable bonds is 1. The van der Waals surface area contributed by atoms with Crippen LogP contribution in [0.1, 0.15) is 29.7 Å². The first-order valence-electron chi connectivity index (χ1n) is 8.35. The Morgan fingerprint density at radius 2 is 2.09 bits per heavy atom. The molecule has 3 N–H and O–H groups in total. The number of nitrogen functional groups attached to an aromatic ring is 1. The predicted octanol–water partition coefficient (Wildman–Crippen LogP) is 1.95. The smallest absolute Gasteiger partial charge is 0.222 e. The maximum Gasteiger partial charge on any atom is 0.222 e. The Hall–Kier alpha value is -1.40. The molecule has 5 rings (SSSR count). The topological polar surface area (TPSA) is 67.1 Å². The molecule has 2 fully saturated rings. The summed E-state index contributed by atoms with van der Waals surface area (Å²) in [7, 11) is 0. The van der Waals surface area contributed by atoms with E-state index in [1.807, 2.05) is 11.3 Å². The number of nitrogens with one attached hydrogen (secondary N) is 1. The highest BCUT2D eigenvalue weighted by Crippen LogP contribution is 2.41. The first-order chi connectivity index (χ1) is 10.8. The SMILES string of the molecule is Nc1nc(N2CC3NCC[C@@H]3C2)c2sc3c(c2n1)CCCC3. The number of hydrogen-bond acceptors (Lipinski definition) is 6. The first kappa shape index (κ1) is 13.1. The van der Waals surface area contributed by atoms with Crippen LogP contribution in [0.5, 0.6) is 0 Å². The highest BCUT2D eigenvalue weighted by atomic mass is 32.1. The second-order valence-corrected chi connectivity index (χ2v) is 7.91. The number of fused-ring (bicyclic) bond motifs is 4. The van der Waals surface area contributed by atoms with Gasteiger partial charge in [0, 0.05) is 24.0 Å². The van der Waals surface area contributed by atoms with Crippen LogP contribution in [0.4, 0.5) is 11.8 Å². The molecule has 6 heteroatoms. The molecule has 5 nitrogen and oxygen atoms in total. The summed E-state index contributed by atoms with van der Waals surface area (Å²) in [5.41, 5.74) is 8.62. The quantitative estimate of drug-likeness (QED) is 0.842. The molecule has 1 aliphatic carbocycles. The van der Waals surface area contributed by atoms with Crippen LogP contribution in [0.2, 0.25) is 0 Å². The lowest BCUT2D eigenvalue weighted by Gasteiger charge is -2.19. The fraction of sp³-hybridized carbons (Fsp3) is 0.625. The average molecular weight is 315 g/mol. The van der Waals surface area contributed by atoms with Crippen LogP contribution in [-0.2, 0) is 12.8 Å². The molecule has 2 atom stereocenters. The molecule has 3 aliphatic rings. The van der Waals surface area contributed by atoms with Gasteiger partial charge in [-0.2, -0.15) is 4.98 Å². The van der Waals surface area contributed by atoms with Gasteiger partial charge in [-0.1, -0.05) is 0 Å². The molecule has 1 unspecified atom stereocenters. The lowest BCUT2D eigenvalue weighted by molar-refractivity contribution is 0.556. The minimum atomic E-state index is 0.429. The fourth-order valence-corrected chi connectivity index (χ4v) is 5.70. The van der Waals surface area contributed by atoms with Crippen molar-refractivity contribution in [3.63, 3.8) is 0 Å². The van der Waals surface area contributed by atoms with Crippen molar-refractivity contribution >= 4 is 33.3 Å². The second-order valence-electron chi connectivity index (χ2n) is 6.81. The minimum Gasteiger partial charge on any atom is -0.368 e. The van der Waals surface area contributed by atoms with Crippen molar-refractivity contribution in [3.8, 4) is 0 Å². The van der Waals surface area contributed by atoms with E-state index >= 15 is 0 Å². The van der Waals surface area contributed by atoms with Gasteiger partial charge in [-0.15, -0.1) is 11.3 Å². The number of hydrogen-bond donors (Lipinski definition) is 2. The van der Waals surface area contributed by atoms with Gasteiger partial charge in [0.2, 0.25) is 5.95 Å². The van der Waals surface area contributed by atoms with Crippen molar-refractivity contribution in [2.75, 3.05) is 30.3 Å². The molecule has 2 saturated heterocycles. The van der Waals surface area contributed by atoms with E-state index in [1.54, 1.807) is 0 Å². The molecular weight excluding hydrogens is 294 g/mol. The first-order valence-corrected chi connectivity index (χ1v) is 9.17. The summed E-state index contributed by atoms with van der Waals surface area (Å²) in [6.45, 7) is 3.32. The van der Waals surface area contributed by atoms with E-state index in [9.17, 15) is 0 Å². The molecule has 0 amide bonds. The van der Waals surface area contributed by atoms with Gasteiger partial charge < -0.3 is 16.0 Å². The molecule has 0 saturated carbocycles. The highest BCUT2D eigenvalue weighted by molar-refractivity contribution is 7.19. The van der Waals surface area contributed by atoms with Crippen molar-refractivity contribution < 1.29 is 0 Å². The molecule has 2 aromatic heterocycles. The van der Waals surface area contributed by atoms with Crippen molar-refractivity contribution in [3.05, 3.63) is 10.4 Å². The van der Waals surface area contributed by atoms with E-state index in [0.29, 0.717) is 12.0 Å². The minimum absolute atomic E-state index is 0.429. The number of aromatic nitrogens is 2. The zero-order valence-electron chi connectivity index (χ0n) is 12.6. The van der Waals surface area contributed by atoms with Crippen molar-refractivity contribution in [1.29, 1.82) is 0 Å². The molecule has 0 spiro atoms. The molecule has 22 heavy (non-hydrogen) atoms. The summed E-state index contributed by atoms with van der Waals surface area (Å²) in [6, 6.07) is 0.626. The third-order valence-electron chi connectivity index (χ3n) is 5.46. The van der Waals surface area contributed by atoms with Gasteiger partial charge in [0.15, 0.2) is 5.82 Å². The Balaban J connectivity index is 1.62. The number of thiophene rings is 1. The standard InChI is InChI=1S/C16H21N5S/c17-16-19-13-10-3-1-2-4-12(10)22-14(13)15(20-16)21-7-9-5-6-18-11(9)8-21/h9,11,18H,1-8H2,(H2,17,19,20)/t9-,11?/m1/s1. The molecule has 116 valence electrons. The van der Waals surface area contributed by atoms with Gasteiger partial charge in [-0.05, 0) is 50.1 Å². The maximum atomic E-state index is 6.04. The predicted molar refractivity (Wildman–Crippen MR) is 90.6 cm³/mol. The normalized spacial score (nSPS) is 27.4. The van der Waals surface area contributed by atoms with Gasteiger partial charge >= 0.3 is 0 Å². The maximum absolute atomic E-state index is 6.04. The van der Waals surface area contributed by atoms with Crippen LogP contribution in [-0.4, -0.2) is 35.6 Å². The van der Waals surface area contributed by atoms with Gasteiger partial charge in [0.05, 0.1) is 10.2 Å². The molecule has 0 bridgehead atoms. The summed E-state index contributed by atoms with van der Waals surface area (Å²) < 4.78 is 1.26. The number of nitrogens with zero attached hydrogens (tertiary/aromatic N) is 3. The summed E-state index contributed by atoms with van der Waals surface area (Å²) in [6.07, 6.45) is 6.21. The van der Waals surface area contributed by atoms with Crippen LogP contribution in [0, 0.1) is 5.92 Å². The third kappa shape index (κ3) is 1.86. The average Bonchev–Trinajstić information content (AvgIpc) is 3.18. The van der Waals surface area contributed by atoms with Crippen molar-refractivity contribution in [2.24, 2.45) is 5.92 Å². The Labute approximate surface area is 133 Å². The largest absolute Gasteiger partial charge is 0.368 e. The summed E-state index contributed by atoms with van der Waals surface area (Å²) in [5, 5.41) is 3.62. The zero-order chi connectivity index (χ0) is 14.7. The van der Waals surface area contributed by atoms with E-state index in [0.717, 1.165) is 43.3 Å². The third-order valence-corrected chi connectivity index (χ3v) is 6.73. The lowest BCUT2D eigenvalue weighted by Crippen LogP contribution is -2.30. The Bertz CT molecular complexity index is 728. The van der Waals surface area contributed by atoms with E-state index in [-0.39, 0.29) is 0 Å². The van der Waals surface area contributed by atoms with Crippen molar-refractivity contribution in [2.45, 2.75) is 38.1 Å². The lowest BCUT2D eigenvalue weighted by atomic mass is 9.98. The van der Waals surface area contributed by atoms with Crippen LogP contribution in [0.3, 0.4) is 0 Å². The van der Waals surface area contributed by atoms with Crippen LogP contribution >= 0.6 is 11.3 Å². The Morgan fingerprint density at radius 1 is 1.18 bits per heavy atom. The van der Waals surface area contributed by atoms with Crippen molar-refractivity contribution in [1.82, 2.24) is 15.3 Å². The van der Waals surface area contributed by atoms with E-state index < -0.39 is 0 Å². The highest BCUT2D eigenvalue weighted by Gasteiger charge is 2.37. The van der Waals surface area contributed by atoms with E-state index in [1.165, 1.54) is 40.8 Å². The molecular formula is C16H21N5S. The number of anilines is 2. The number of aryl methyl sites for hydroxylation is 2. The molecule has 0 radical (unpaired) electrons. The van der Waals surface area contributed by atoms with Crippen LogP contribution < -0.4 is 16.0 Å². The van der Waals surface area contributed by atoms with E-state index in [4.69, 9.17) is 5.73 Å². The van der Waals surface area contributed by atoms with Gasteiger partial charge in [-0.25, -0.2) is 4.98 Å². The molecule has 2 aromatic rings. The van der Waals surface area contributed by atoms with Gasteiger partial charge in [0.1, 0.15) is 0 Å². The van der Waals surface area contributed by atoms with Crippen LogP contribution in [0.25, 0.3) is 10.2 Å². The Kier molecular flexibility index (Phi) is 2.85. The zero-order valence-corrected chi connectivity index (χ0v) is 13.5. The molecule has 2 aliphatic heterocycles. The van der Waals surface area contributed by atoms with Crippen LogP contribution in [0.15, 0.2) is 0 Å². The monoisotopic (exact) mass is 315 g/mol. The summed E-state index contributed by atoms with van der Waals surface area (Å²) in [4.78, 5) is 13.2. The van der Waals surface area contributed by atoms with Gasteiger partial charge in [0.25, 0.3) is 0 Å². The fourth-order valence-electron chi connectivity index (χ4n) is 4.35.